The zero-order valence-corrected chi connectivity index (χ0v) is 27.7. The van der Waals surface area contributed by atoms with E-state index in [9.17, 15) is 0 Å². The standard InChI is InChI=1S/C50H30O/c1-3-8-31(9-4-1)33-14-15-35-25-36(17-16-34(35)24-33)42-26-38-18-20-40-28-43(29-41-21-19-39(27-42)48(38)49(40)41)37-22-23-47-46(30-37)45-13-7-12-44(50(45)51-47)32-10-5-2-6-11-32/h1-30H. The summed E-state index contributed by atoms with van der Waals surface area (Å²) in [5, 5.41) is 12.5. The molecule has 1 nitrogen and oxygen atoms in total. The maximum Gasteiger partial charge on any atom is 0.143 e. The Kier molecular flexibility index (Phi) is 6.02. The number of furan rings is 1. The van der Waals surface area contributed by atoms with Crippen LogP contribution in [0.5, 0.6) is 0 Å². The lowest BCUT2D eigenvalue weighted by molar-refractivity contribution is 0.670. The molecule has 0 fully saturated rings. The van der Waals surface area contributed by atoms with Gasteiger partial charge in [-0.3, -0.25) is 0 Å². The molecule has 0 atom stereocenters. The van der Waals surface area contributed by atoms with Gasteiger partial charge in [0.25, 0.3) is 0 Å². The predicted octanol–water partition coefficient (Wildman–Crippen LogP) is 14.3. The van der Waals surface area contributed by atoms with E-state index in [2.05, 4.69) is 182 Å². The van der Waals surface area contributed by atoms with Crippen molar-refractivity contribution in [1.29, 1.82) is 0 Å². The summed E-state index contributed by atoms with van der Waals surface area (Å²) in [6, 6.07) is 66.3. The van der Waals surface area contributed by atoms with Crippen molar-refractivity contribution in [2.75, 3.05) is 0 Å². The van der Waals surface area contributed by atoms with E-state index in [1.54, 1.807) is 0 Å². The summed E-state index contributed by atoms with van der Waals surface area (Å²) in [5.74, 6) is 0. The van der Waals surface area contributed by atoms with Crippen LogP contribution in [-0.2, 0) is 0 Å². The summed E-state index contributed by atoms with van der Waals surface area (Å²) in [6.07, 6.45) is 0. The van der Waals surface area contributed by atoms with Gasteiger partial charge in [-0.15, -0.1) is 0 Å². The van der Waals surface area contributed by atoms with E-state index in [0.29, 0.717) is 0 Å². The molecule has 236 valence electrons. The Hall–Kier alpha value is -6.70. The fourth-order valence-electron chi connectivity index (χ4n) is 8.23. The Morgan fingerprint density at radius 1 is 0.275 bits per heavy atom. The first-order valence-corrected chi connectivity index (χ1v) is 17.6. The summed E-state index contributed by atoms with van der Waals surface area (Å²) in [6.45, 7) is 0. The van der Waals surface area contributed by atoms with Crippen molar-refractivity contribution in [2.24, 2.45) is 0 Å². The Balaban J connectivity index is 0.992. The van der Waals surface area contributed by atoms with Crippen molar-refractivity contribution >= 4 is 65.0 Å². The minimum Gasteiger partial charge on any atom is -0.455 e. The second-order valence-corrected chi connectivity index (χ2v) is 13.7. The zero-order chi connectivity index (χ0) is 33.5. The highest BCUT2D eigenvalue weighted by Gasteiger charge is 2.16. The van der Waals surface area contributed by atoms with Gasteiger partial charge in [-0.05, 0) is 131 Å². The summed E-state index contributed by atoms with van der Waals surface area (Å²) < 4.78 is 6.47. The van der Waals surface area contributed by atoms with Crippen LogP contribution in [0.4, 0.5) is 0 Å². The van der Waals surface area contributed by atoms with Crippen molar-refractivity contribution in [2.45, 2.75) is 0 Å². The maximum atomic E-state index is 6.47. The molecule has 0 saturated carbocycles. The van der Waals surface area contributed by atoms with Crippen LogP contribution in [0.15, 0.2) is 186 Å². The molecule has 0 unspecified atom stereocenters. The molecule has 1 heterocycles. The molecule has 51 heavy (non-hydrogen) atoms. The van der Waals surface area contributed by atoms with E-state index >= 15 is 0 Å². The van der Waals surface area contributed by atoms with Crippen molar-refractivity contribution < 1.29 is 4.42 Å². The van der Waals surface area contributed by atoms with Gasteiger partial charge in [0, 0.05) is 16.3 Å². The third-order valence-corrected chi connectivity index (χ3v) is 10.7. The van der Waals surface area contributed by atoms with E-state index in [-0.39, 0.29) is 0 Å². The van der Waals surface area contributed by atoms with Gasteiger partial charge in [-0.2, -0.15) is 0 Å². The first-order chi connectivity index (χ1) is 25.2. The lowest BCUT2D eigenvalue weighted by Crippen LogP contribution is -1.88. The van der Waals surface area contributed by atoms with Crippen LogP contribution < -0.4 is 0 Å². The van der Waals surface area contributed by atoms with Crippen molar-refractivity contribution in [3.8, 4) is 44.5 Å². The third-order valence-electron chi connectivity index (χ3n) is 10.7. The van der Waals surface area contributed by atoms with Crippen molar-refractivity contribution in [3.05, 3.63) is 182 Å². The Bertz CT molecular complexity index is 3050. The molecule has 0 amide bonds. The molecule has 0 aliphatic heterocycles. The lowest BCUT2D eigenvalue weighted by atomic mass is 9.89. The number of rotatable bonds is 4. The van der Waals surface area contributed by atoms with Crippen LogP contribution in [0.2, 0.25) is 0 Å². The molecule has 10 aromatic carbocycles. The van der Waals surface area contributed by atoms with Gasteiger partial charge >= 0.3 is 0 Å². The lowest BCUT2D eigenvalue weighted by Gasteiger charge is -2.15. The zero-order valence-electron chi connectivity index (χ0n) is 27.7. The van der Waals surface area contributed by atoms with Gasteiger partial charge in [0.2, 0.25) is 0 Å². The van der Waals surface area contributed by atoms with Crippen LogP contribution in [0.25, 0.3) is 110 Å². The highest BCUT2D eigenvalue weighted by molar-refractivity contribution is 6.24. The number of hydrogen-bond acceptors (Lipinski definition) is 1. The number of para-hydroxylation sites is 1. The first-order valence-electron chi connectivity index (χ1n) is 17.6. The van der Waals surface area contributed by atoms with Crippen LogP contribution in [0.3, 0.4) is 0 Å². The SMILES string of the molecule is c1ccc(-c2ccc3cc(-c4cc5ccc6cc(-c7ccc8oc9c(-c%10ccccc%10)cccc9c8c7)cc7ccc(c4)c5c67)ccc3c2)cc1. The molecule has 0 saturated heterocycles. The smallest absolute Gasteiger partial charge is 0.143 e. The second kappa shape index (κ2) is 10.9. The van der Waals surface area contributed by atoms with E-state index < -0.39 is 0 Å². The van der Waals surface area contributed by atoms with Gasteiger partial charge < -0.3 is 4.42 Å². The predicted molar refractivity (Wildman–Crippen MR) is 217 cm³/mol. The van der Waals surface area contributed by atoms with Crippen molar-refractivity contribution in [3.63, 3.8) is 0 Å². The van der Waals surface area contributed by atoms with E-state index in [1.807, 2.05) is 0 Å². The van der Waals surface area contributed by atoms with E-state index in [4.69, 9.17) is 4.42 Å². The fourth-order valence-corrected chi connectivity index (χ4v) is 8.23. The van der Waals surface area contributed by atoms with Gasteiger partial charge in [0.05, 0.1) is 0 Å². The Morgan fingerprint density at radius 2 is 0.745 bits per heavy atom. The molecule has 11 aromatic rings. The van der Waals surface area contributed by atoms with Crippen molar-refractivity contribution in [1.82, 2.24) is 0 Å². The first kappa shape index (κ1) is 28.2. The molecule has 0 aliphatic carbocycles. The van der Waals surface area contributed by atoms with Crippen LogP contribution >= 0.6 is 0 Å². The summed E-state index contributed by atoms with van der Waals surface area (Å²) >= 11 is 0. The molecule has 0 spiro atoms. The highest BCUT2D eigenvalue weighted by Crippen LogP contribution is 2.42. The Morgan fingerprint density at radius 3 is 1.33 bits per heavy atom. The summed E-state index contributed by atoms with van der Waals surface area (Å²) in [5.41, 5.74) is 11.5. The largest absolute Gasteiger partial charge is 0.455 e. The topological polar surface area (TPSA) is 13.1 Å². The van der Waals surface area contributed by atoms with Gasteiger partial charge in [0.15, 0.2) is 0 Å². The second-order valence-electron chi connectivity index (χ2n) is 13.7. The monoisotopic (exact) mass is 646 g/mol. The van der Waals surface area contributed by atoms with Crippen LogP contribution in [0, 0.1) is 0 Å². The minimum atomic E-state index is 0.911. The number of hydrogen-bond donors (Lipinski definition) is 0. The molecular formula is C50H30O. The Labute approximate surface area is 295 Å². The van der Waals surface area contributed by atoms with Gasteiger partial charge in [-0.25, -0.2) is 0 Å². The van der Waals surface area contributed by atoms with Gasteiger partial charge in [-0.1, -0.05) is 133 Å². The average Bonchev–Trinajstić information content (AvgIpc) is 3.58. The molecule has 0 radical (unpaired) electrons. The summed E-state index contributed by atoms with van der Waals surface area (Å²) in [4.78, 5) is 0. The third kappa shape index (κ3) is 4.49. The molecular weight excluding hydrogens is 617 g/mol. The van der Waals surface area contributed by atoms with Crippen LogP contribution in [0.1, 0.15) is 0 Å². The highest BCUT2D eigenvalue weighted by atomic mass is 16.3. The average molecular weight is 647 g/mol. The minimum absolute atomic E-state index is 0.911. The summed E-state index contributed by atoms with van der Waals surface area (Å²) in [7, 11) is 0. The van der Waals surface area contributed by atoms with Crippen LogP contribution in [-0.4, -0.2) is 0 Å². The number of benzene rings is 10. The molecule has 11 rings (SSSR count). The van der Waals surface area contributed by atoms with E-state index in [1.165, 1.54) is 76.5 Å². The van der Waals surface area contributed by atoms with Gasteiger partial charge in [0.1, 0.15) is 11.2 Å². The maximum absolute atomic E-state index is 6.47. The quantitative estimate of drug-likeness (QED) is 0.173. The molecule has 1 heteroatoms. The molecule has 0 bridgehead atoms. The molecule has 0 aliphatic rings. The van der Waals surface area contributed by atoms with E-state index in [0.717, 1.165) is 33.1 Å². The number of fused-ring (bicyclic) bond motifs is 4. The normalized spacial score (nSPS) is 11.9. The molecule has 1 aromatic heterocycles. The fraction of sp³-hybridized carbons (Fsp3) is 0. The molecule has 0 N–H and O–H groups in total.